The third kappa shape index (κ3) is 6.68. The van der Waals surface area contributed by atoms with Crippen molar-refractivity contribution in [2.45, 2.75) is 39.2 Å². The van der Waals surface area contributed by atoms with Crippen molar-refractivity contribution in [3.05, 3.63) is 52.9 Å². The topological polar surface area (TPSA) is 39.7 Å². The zero-order valence-corrected chi connectivity index (χ0v) is 19.4. The summed E-state index contributed by atoms with van der Waals surface area (Å²) in [6.45, 7) is 8.22. The molecule has 1 aliphatic heterocycles. The van der Waals surface area contributed by atoms with Gasteiger partial charge in [0.1, 0.15) is 0 Å². The number of halogens is 1. The number of thiophene rings is 1. The molecule has 0 amide bonds. The van der Waals surface area contributed by atoms with Crippen LogP contribution >= 0.6 is 35.3 Å². The van der Waals surface area contributed by atoms with Gasteiger partial charge in [-0.1, -0.05) is 24.3 Å². The Balaban J connectivity index is 0.00000261. The van der Waals surface area contributed by atoms with Crippen LogP contribution in [0.5, 0.6) is 0 Å². The van der Waals surface area contributed by atoms with E-state index in [4.69, 9.17) is 4.99 Å². The van der Waals surface area contributed by atoms with Gasteiger partial charge in [0.2, 0.25) is 0 Å². The first-order valence-corrected chi connectivity index (χ1v) is 10.5. The largest absolute Gasteiger partial charge is 0.363 e. The van der Waals surface area contributed by atoms with Crippen LogP contribution in [0.3, 0.4) is 0 Å². The highest BCUT2D eigenvalue weighted by molar-refractivity contribution is 14.0. The van der Waals surface area contributed by atoms with E-state index < -0.39 is 0 Å². The van der Waals surface area contributed by atoms with Gasteiger partial charge in [0.05, 0.1) is 5.00 Å². The SMILES string of the molecule is CCNC(=NCCc1ccccc1C)NC1CCN(c2cccs2)CC1.I. The van der Waals surface area contributed by atoms with Crippen molar-refractivity contribution in [2.24, 2.45) is 4.99 Å². The van der Waals surface area contributed by atoms with Crippen molar-refractivity contribution in [1.29, 1.82) is 0 Å². The standard InChI is InChI=1S/C21H30N4S.HI/c1-3-22-21(23-13-10-18-8-5-4-7-17(18)2)24-19-11-14-25(15-12-19)20-9-6-16-26-20;/h4-9,16,19H,3,10-15H2,1-2H3,(H2,22,23,24);1H. The molecule has 0 aliphatic carbocycles. The highest BCUT2D eigenvalue weighted by atomic mass is 127. The Kier molecular flexibility index (Phi) is 9.41. The molecule has 2 aromatic rings. The van der Waals surface area contributed by atoms with Gasteiger partial charge in [-0.05, 0) is 61.7 Å². The molecule has 0 unspecified atom stereocenters. The minimum absolute atomic E-state index is 0. The van der Waals surface area contributed by atoms with Gasteiger partial charge in [-0.15, -0.1) is 35.3 Å². The lowest BCUT2D eigenvalue weighted by molar-refractivity contribution is 0.463. The summed E-state index contributed by atoms with van der Waals surface area (Å²) in [6.07, 6.45) is 3.29. The molecule has 2 N–H and O–H groups in total. The van der Waals surface area contributed by atoms with E-state index in [1.807, 2.05) is 11.3 Å². The van der Waals surface area contributed by atoms with Crippen LogP contribution in [0.15, 0.2) is 46.8 Å². The Morgan fingerprint density at radius 1 is 1.19 bits per heavy atom. The molecule has 1 saturated heterocycles. The molecule has 0 radical (unpaired) electrons. The third-order valence-corrected chi connectivity index (χ3v) is 5.84. The first kappa shape index (κ1) is 22.0. The molecule has 0 saturated carbocycles. The second kappa shape index (κ2) is 11.5. The van der Waals surface area contributed by atoms with Gasteiger partial charge < -0.3 is 15.5 Å². The van der Waals surface area contributed by atoms with Crippen LogP contribution < -0.4 is 15.5 Å². The summed E-state index contributed by atoms with van der Waals surface area (Å²) in [5.74, 6) is 0.954. The monoisotopic (exact) mass is 498 g/mol. The maximum atomic E-state index is 4.80. The quantitative estimate of drug-likeness (QED) is 0.352. The average molecular weight is 498 g/mol. The summed E-state index contributed by atoms with van der Waals surface area (Å²) < 4.78 is 0. The van der Waals surface area contributed by atoms with E-state index in [-0.39, 0.29) is 24.0 Å². The molecular formula is C21H31IN4S. The molecule has 0 spiro atoms. The van der Waals surface area contributed by atoms with E-state index in [2.05, 4.69) is 71.2 Å². The Morgan fingerprint density at radius 2 is 1.96 bits per heavy atom. The summed E-state index contributed by atoms with van der Waals surface area (Å²) in [5.41, 5.74) is 2.73. The molecule has 6 heteroatoms. The van der Waals surface area contributed by atoms with Crippen LogP contribution in [0, 0.1) is 6.92 Å². The molecule has 4 nitrogen and oxygen atoms in total. The van der Waals surface area contributed by atoms with E-state index in [1.165, 1.54) is 16.1 Å². The summed E-state index contributed by atoms with van der Waals surface area (Å²) in [7, 11) is 0. The Bertz CT molecular complexity index is 694. The number of aliphatic imine (C=N–C) groups is 1. The smallest absolute Gasteiger partial charge is 0.191 e. The van der Waals surface area contributed by atoms with Gasteiger partial charge in [-0.2, -0.15) is 0 Å². The van der Waals surface area contributed by atoms with Crippen LogP contribution in [0.2, 0.25) is 0 Å². The summed E-state index contributed by atoms with van der Waals surface area (Å²) in [4.78, 5) is 7.29. The number of aryl methyl sites for hydroxylation is 1. The highest BCUT2D eigenvalue weighted by Gasteiger charge is 2.20. The van der Waals surface area contributed by atoms with E-state index >= 15 is 0 Å². The van der Waals surface area contributed by atoms with Gasteiger partial charge >= 0.3 is 0 Å². The number of nitrogens with one attached hydrogen (secondary N) is 2. The zero-order chi connectivity index (χ0) is 18.2. The number of hydrogen-bond acceptors (Lipinski definition) is 3. The van der Waals surface area contributed by atoms with Gasteiger partial charge in [0.15, 0.2) is 5.96 Å². The maximum Gasteiger partial charge on any atom is 0.191 e. The normalized spacial score (nSPS) is 15.3. The first-order valence-electron chi connectivity index (χ1n) is 9.64. The minimum Gasteiger partial charge on any atom is -0.363 e. The van der Waals surface area contributed by atoms with E-state index in [1.54, 1.807) is 0 Å². The summed E-state index contributed by atoms with van der Waals surface area (Å²) >= 11 is 1.83. The molecule has 1 aliphatic rings. The second-order valence-electron chi connectivity index (χ2n) is 6.79. The molecule has 0 atom stereocenters. The van der Waals surface area contributed by atoms with E-state index in [0.29, 0.717) is 6.04 Å². The van der Waals surface area contributed by atoms with Crippen molar-refractivity contribution in [1.82, 2.24) is 10.6 Å². The lowest BCUT2D eigenvalue weighted by atomic mass is 10.1. The number of rotatable bonds is 6. The Labute approximate surface area is 184 Å². The summed E-state index contributed by atoms with van der Waals surface area (Å²) in [6, 6.07) is 13.4. The number of piperidine rings is 1. The van der Waals surface area contributed by atoms with Gasteiger partial charge in [-0.3, -0.25) is 4.99 Å². The van der Waals surface area contributed by atoms with Crippen LogP contribution in [-0.2, 0) is 6.42 Å². The van der Waals surface area contributed by atoms with Gasteiger partial charge in [0.25, 0.3) is 0 Å². The van der Waals surface area contributed by atoms with Crippen LogP contribution in [-0.4, -0.2) is 38.2 Å². The predicted octanol–water partition coefficient (Wildman–Crippen LogP) is 4.44. The van der Waals surface area contributed by atoms with Crippen molar-refractivity contribution in [3.63, 3.8) is 0 Å². The molecule has 1 aromatic carbocycles. The number of hydrogen-bond donors (Lipinski definition) is 2. The fourth-order valence-corrected chi connectivity index (χ4v) is 4.17. The van der Waals surface area contributed by atoms with Crippen LogP contribution in [0.4, 0.5) is 5.00 Å². The number of benzene rings is 1. The van der Waals surface area contributed by atoms with Crippen LogP contribution in [0.1, 0.15) is 30.9 Å². The molecular weight excluding hydrogens is 467 g/mol. The van der Waals surface area contributed by atoms with Crippen molar-refractivity contribution < 1.29 is 0 Å². The summed E-state index contributed by atoms with van der Waals surface area (Å²) in [5, 5.41) is 10.6. The highest BCUT2D eigenvalue weighted by Crippen LogP contribution is 2.24. The second-order valence-corrected chi connectivity index (χ2v) is 7.72. The molecule has 1 fully saturated rings. The van der Waals surface area contributed by atoms with Crippen molar-refractivity contribution in [3.8, 4) is 0 Å². The fourth-order valence-electron chi connectivity index (χ4n) is 3.39. The van der Waals surface area contributed by atoms with Gasteiger partial charge in [0, 0.05) is 32.2 Å². The first-order chi connectivity index (χ1) is 12.8. The predicted molar refractivity (Wildman–Crippen MR) is 129 cm³/mol. The van der Waals surface area contributed by atoms with Crippen LogP contribution in [0.25, 0.3) is 0 Å². The number of guanidine groups is 1. The van der Waals surface area contributed by atoms with Crippen molar-refractivity contribution in [2.75, 3.05) is 31.1 Å². The zero-order valence-electron chi connectivity index (χ0n) is 16.3. The molecule has 27 heavy (non-hydrogen) atoms. The fraction of sp³-hybridized carbons (Fsp3) is 0.476. The van der Waals surface area contributed by atoms with E-state index in [9.17, 15) is 0 Å². The van der Waals surface area contributed by atoms with Gasteiger partial charge in [-0.25, -0.2) is 0 Å². The molecule has 148 valence electrons. The molecule has 0 bridgehead atoms. The van der Waals surface area contributed by atoms with Crippen molar-refractivity contribution >= 4 is 46.3 Å². The van der Waals surface area contributed by atoms with E-state index in [0.717, 1.165) is 51.4 Å². The molecule has 3 rings (SSSR count). The maximum absolute atomic E-state index is 4.80. The Hall–Kier alpha value is -1.28. The number of anilines is 1. The molecule has 2 heterocycles. The lowest BCUT2D eigenvalue weighted by Gasteiger charge is -2.33. The molecule has 1 aromatic heterocycles. The minimum atomic E-state index is 0. The average Bonchev–Trinajstić information content (AvgIpc) is 3.19. The Morgan fingerprint density at radius 3 is 2.63 bits per heavy atom. The number of nitrogens with zero attached hydrogens (tertiary/aromatic N) is 2. The lowest BCUT2D eigenvalue weighted by Crippen LogP contribution is -2.48. The third-order valence-electron chi connectivity index (χ3n) is 4.91.